The Morgan fingerprint density at radius 1 is 1.60 bits per heavy atom. The van der Waals surface area contributed by atoms with Gasteiger partial charge < -0.3 is 11.1 Å². The molecule has 0 aliphatic rings. The van der Waals surface area contributed by atoms with Gasteiger partial charge in [-0.2, -0.15) is 0 Å². The lowest BCUT2D eigenvalue weighted by Gasteiger charge is -2.19. The number of primary amides is 1. The minimum absolute atomic E-state index is 0.256. The van der Waals surface area contributed by atoms with Gasteiger partial charge in [0.25, 0.3) is 0 Å². The molecule has 0 bridgehead atoms. The van der Waals surface area contributed by atoms with E-state index in [0.29, 0.717) is 6.54 Å². The summed E-state index contributed by atoms with van der Waals surface area (Å²) in [6.45, 7) is 7.18. The quantitative estimate of drug-likeness (QED) is 0.588. The normalized spacial score (nSPS) is 11.5. The summed E-state index contributed by atoms with van der Waals surface area (Å²) in [5, 5.41) is 3.07. The summed E-state index contributed by atoms with van der Waals surface area (Å²) in [4.78, 5) is 10.7. The van der Waals surface area contributed by atoms with Crippen molar-refractivity contribution in [1.82, 2.24) is 5.32 Å². The lowest BCUT2D eigenvalue weighted by molar-refractivity contribution is -0.125. The van der Waals surface area contributed by atoms with E-state index in [9.17, 15) is 4.79 Å². The van der Waals surface area contributed by atoms with Gasteiger partial charge in [0.05, 0.1) is 5.41 Å². The van der Waals surface area contributed by atoms with E-state index >= 15 is 0 Å². The Morgan fingerprint density at radius 3 is 2.40 bits per heavy atom. The van der Waals surface area contributed by atoms with E-state index in [-0.39, 0.29) is 5.91 Å². The fraction of sp³-hybridized carbons (Fsp3) is 0.857. The monoisotopic (exact) mass is 144 g/mol. The maximum Gasteiger partial charge on any atom is 0.224 e. The van der Waals surface area contributed by atoms with Gasteiger partial charge in [0.1, 0.15) is 0 Å². The van der Waals surface area contributed by atoms with Crippen LogP contribution in [0, 0.1) is 5.41 Å². The highest BCUT2D eigenvalue weighted by Gasteiger charge is 2.23. The molecule has 0 aliphatic heterocycles. The maximum absolute atomic E-state index is 10.7. The fourth-order valence-corrected chi connectivity index (χ4v) is 0.525. The minimum Gasteiger partial charge on any atom is -0.369 e. The van der Waals surface area contributed by atoms with Crippen molar-refractivity contribution in [3.63, 3.8) is 0 Å². The summed E-state index contributed by atoms with van der Waals surface area (Å²) in [6, 6.07) is 0. The molecular weight excluding hydrogens is 128 g/mol. The van der Waals surface area contributed by atoms with Crippen molar-refractivity contribution in [2.45, 2.75) is 20.8 Å². The van der Waals surface area contributed by atoms with Crippen molar-refractivity contribution in [2.24, 2.45) is 11.1 Å². The molecular formula is C7H16N2O. The van der Waals surface area contributed by atoms with Gasteiger partial charge in [-0.05, 0) is 20.4 Å². The van der Waals surface area contributed by atoms with Crippen LogP contribution in [0.5, 0.6) is 0 Å². The molecule has 0 radical (unpaired) electrons. The Balaban J connectivity index is 3.75. The Hall–Kier alpha value is -0.570. The number of rotatable bonds is 4. The molecule has 0 atom stereocenters. The number of carbonyl (C=O) groups excluding carboxylic acids is 1. The van der Waals surface area contributed by atoms with Crippen LogP contribution in [0.2, 0.25) is 0 Å². The molecule has 1 amide bonds. The van der Waals surface area contributed by atoms with Gasteiger partial charge in [-0.1, -0.05) is 6.92 Å². The number of carbonyl (C=O) groups is 1. The first-order valence-electron chi connectivity index (χ1n) is 3.51. The van der Waals surface area contributed by atoms with E-state index in [1.807, 2.05) is 20.8 Å². The highest BCUT2D eigenvalue weighted by Crippen LogP contribution is 2.11. The molecule has 3 nitrogen and oxygen atoms in total. The lowest BCUT2D eigenvalue weighted by Crippen LogP contribution is -2.40. The summed E-state index contributed by atoms with van der Waals surface area (Å²) in [5.74, 6) is -0.256. The summed E-state index contributed by atoms with van der Waals surface area (Å²) in [5.41, 5.74) is 4.71. The highest BCUT2D eigenvalue weighted by molar-refractivity contribution is 5.80. The minimum atomic E-state index is -0.421. The third-order valence-corrected chi connectivity index (χ3v) is 1.48. The summed E-state index contributed by atoms with van der Waals surface area (Å²) < 4.78 is 0. The van der Waals surface area contributed by atoms with Crippen molar-refractivity contribution in [3.8, 4) is 0 Å². The van der Waals surface area contributed by atoms with Crippen LogP contribution in [0.15, 0.2) is 0 Å². The third-order valence-electron chi connectivity index (χ3n) is 1.48. The molecule has 10 heavy (non-hydrogen) atoms. The van der Waals surface area contributed by atoms with Crippen LogP contribution < -0.4 is 11.1 Å². The van der Waals surface area contributed by atoms with Gasteiger partial charge in [0, 0.05) is 6.54 Å². The predicted molar refractivity (Wildman–Crippen MR) is 41.5 cm³/mol. The van der Waals surface area contributed by atoms with Gasteiger partial charge >= 0.3 is 0 Å². The van der Waals surface area contributed by atoms with Crippen LogP contribution in [0.3, 0.4) is 0 Å². The molecule has 0 aromatic heterocycles. The van der Waals surface area contributed by atoms with E-state index in [1.165, 1.54) is 0 Å². The number of hydrogen-bond donors (Lipinski definition) is 2. The molecule has 0 aromatic carbocycles. The van der Waals surface area contributed by atoms with Crippen LogP contribution in [0.4, 0.5) is 0 Å². The van der Waals surface area contributed by atoms with Gasteiger partial charge in [-0.25, -0.2) is 0 Å². The summed E-state index contributed by atoms with van der Waals surface area (Å²) >= 11 is 0. The van der Waals surface area contributed by atoms with E-state index in [2.05, 4.69) is 5.32 Å². The van der Waals surface area contributed by atoms with Crippen LogP contribution in [-0.4, -0.2) is 19.0 Å². The molecule has 3 N–H and O–H groups in total. The Labute approximate surface area is 62.0 Å². The average molecular weight is 144 g/mol. The van der Waals surface area contributed by atoms with Crippen molar-refractivity contribution < 1.29 is 4.79 Å². The largest absolute Gasteiger partial charge is 0.369 e. The Kier molecular flexibility index (Phi) is 3.36. The molecule has 3 heteroatoms. The maximum atomic E-state index is 10.7. The summed E-state index contributed by atoms with van der Waals surface area (Å²) in [7, 11) is 0. The van der Waals surface area contributed by atoms with E-state index in [0.717, 1.165) is 6.54 Å². The number of nitrogens with one attached hydrogen (secondary N) is 1. The Bertz CT molecular complexity index is 121. The van der Waals surface area contributed by atoms with Crippen LogP contribution >= 0.6 is 0 Å². The van der Waals surface area contributed by atoms with Gasteiger partial charge in [0.2, 0.25) is 5.91 Å². The lowest BCUT2D eigenvalue weighted by atomic mass is 9.93. The van der Waals surface area contributed by atoms with Gasteiger partial charge in [-0.3, -0.25) is 4.79 Å². The zero-order valence-corrected chi connectivity index (χ0v) is 6.90. The molecule has 0 aromatic rings. The Morgan fingerprint density at radius 2 is 2.10 bits per heavy atom. The summed E-state index contributed by atoms with van der Waals surface area (Å²) in [6.07, 6.45) is 0. The zero-order chi connectivity index (χ0) is 8.20. The third kappa shape index (κ3) is 2.82. The van der Waals surface area contributed by atoms with Crippen molar-refractivity contribution in [1.29, 1.82) is 0 Å². The number of amides is 1. The van der Waals surface area contributed by atoms with E-state index in [4.69, 9.17) is 5.73 Å². The topological polar surface area (TPSA) is 55.1 Å². The predicted octanol–water partition coefficient (Wildman–Crippen LogP) is 0.107. The molecule has 0 rings (SSSR count). The molecule has 0 fully saturated rings. The SMILES string of the molecule is CCNCC(C)(C)C(N)=O. The highest BCUT2D eigenvalue weighted by atomic mass is 16.1. The zero-order valence-electron chi connectivity index (χ0n) is 6.90. The van der Waals surface area contributed by atoms with Crippen molar-refractivity contribution in [3.05, 3.63) is 0 Å². The first-order valence-corrected chi connectivity index (χ1v) is 3.51. The van der Waals surface area contributed by atoms with Crippen molar-refractivity contribution >= 4 is 5.91 Å². The van der Waals surface area contributed by atoms with Crippen LogP contribution in [-0.2, 0) is 4.79 Å². The number of hydrogen-bond acceptors (Lipinski definition) is 2. The second kappa shape index (κ2) is 3.56. The smallest absolute Gasteiger partial charge is 0.224 e. The molecule has 0 saturated carbocycles. The van der Waals surface area contributed by atoms with Gasteiger partial charge in [0.15, 0.2) is 0 Å². The first-order chi connectivity index (χ1) is 4.50. The molecule has 0 spiro atoms. The molecule has 0 unspecified atom stereocenters. The van der Waals surface area contributed by atoms with Crippen LogP contribution in [0.1, 0.15) is 20.8 Å². The molecule has 0 heterocycles. The molecule has 0 aliphatic carbocycles. The number of nitrogens with two attached hydrogens (primary N) is 1. The first kappa shape index (κ1) is 9.43. The fourth-order valence-electron chi connectivity index (χ4n) is 0.525. The molecule has 0 saturated heterocycles. The second-order valence-corrected chi connectivity index (χ2v) is 3.03. The standard InChI is InChI=1S/C7H16N2O/c1-4-9-5-7(2,3)6(8)10/h9H,4-5H2,1-3H3,(H2,8,10). The van der Waals surface area contributed by atoms with Crippen LogP contribution in [0.25, 0.3) is 0 Å². The van der Waals surface area contributed by atoms with E-state index < -0.39 is 5.41 Å². The van der Waals surface area contributed by atoms with E-state index in [1.54, 1.807) is 0 Å². The average Bonchev–Trinajstić information content (AvgIpc) is 1.84. The van der Waals surface area contributed by atoms with Crippen molar-refractivity contribution in [2.75, 3.05) is 13.1 Å². The second-order valence-electron chi connectivity index (χ2n) is 3.03. The van der Waals surface area contributed by atoms with Gasteiger partial charge in [-0.15, -0.1) is 0 Å². The molecule has 60 valence electrons.